The topological polar surface area (TPSA) is 73.6 Å². The van der Waals surface area contributed by atoms with Crippen molar-refractivity contribution >= 4 is 27.2 Å². The molecule has 32 heavy (non-hydrogen) atoms. The zero-order valence-corrected chi connectivity index (χ0v) is 20.0. The number of allylic oxidation sites excluding steroid dienone is 1. The van der Waals surface area contributed by atoms with Crippen molar-refractivity contribution in [1.29, 1.82) is 5.26 Å². The van der Waals surface area contributed by atoms with Gasteiger partial charge in [0, 0.05) is 32.6 Å². The van der Waals surface area contributed by atoms with Crippen molar-refractivity contribution in [3.8, 4) is 17.6 Å². The van der Waals surface area contributed by atoms with Crippen molar-refractivity contribution in [1.82, 2.24) is 9.21 Å². The molecule has 1 fully saturated rings. The molecule has 0 aliphatic carbocycles. The van der Waals surface area contributed by atoms with E-state index in [0.29, 0.717) is 31.9 Å². The maximum absolute atomic E-state index is 13.5. The van der Waals surface area contributed by atoms with Crippen LogP contribution in [-0.2, 0) is 10.0 Å². The summed E-state index contributed by atoms with van der Waals surface area (Å²) in [5, 5.41) is 9.33. The molecule has 6 nitrogen and oxygen atoms in total. The molecule has 1 aliphatic rings. The third-order valence-corrected chi connectivity index (χ3v) is 7.65. The number of nitriles is 1. The van der Waals surface area contributed by atoms with Crippen molar-refractivity contribution in [2.75, 3.05) is 26.2 Å². The van der Waals surface area contributed by atoms with E-state index in [2.05, 4.69) is 6.58 Å². The highest BCUT2D eigenvalue weighted by molar-refractivity contribution is 7.89. The van der Waals surface area contributed by atoms with Crippen molar-refractivity contribution in [3.63, 3.8) is 0 Å². The lowest BCUT2D eigenvalue weighted by molar-refractivity contribution is 0.265. The average molecular weight is 470 g/mol. The molecule has 168 valence electrons. The Kier molecular flexibility index (Phi) is 7.67. The molecule has 1 aliphatic heterocycles. The van der Waals surface area contributed by atoms with Crippen molar-refractivity contribution in [2.45, 2.75) is 31.6 Å². The van der Waals surface area contributed by atoms with Crippen molar-refractivity contribution in [3.05, 3.63) is 65.7 Å². The molecule has 8 heteroatoms. The van der Waals surface area contributed by atoms with Gasteiger partial charge in [-0.2, -0.15) is 9.57 Å². The molecule has 0 amide bonds. The van der Waals surface area contributed by atoms with Crippen LogP contribution < -0.4 is 4.74 Å². The second kappa shape index (κ2) is 10.3. The highest BCUT2D eigenvalue weighted by Crippen LogP contribution is 2.33. The third-order valence-electron chi connectivity index (χ3n) is 5.27. The fraction of sp³-hybridized carbons (Fsp3) is 0.333. The minimum atomic E-state index is -3.86. The normalized spacial score (nSPS) is 14.6. The first-order valence-corrected chi connectivity index (χ1v) is 12.3. The Morgan fingerprint density at radius 1 is 1.16 bits per heavy atom. The van der Waals surface area contributed by atoms with E-state index < -0.39 is 10.0 Å². The van der Waals surface area contributed by atoms with Gasteiger partial charge in [-0.15, -0.1) is 6.58 Å². The van der Waals surface area contributed by atoms with E-state index in [9.17, 15) is 13.7 Å². The van der Waals surface area contributed by atoms with Crippen molar-refractivity contribution < 1.29 is 13.2 Å². The molecular formula is C24H27N3O3S2. The van der Waals surface area contributed by atoms with E-state index in [1.165, 1.54) is 10.4 Å². The van der Waals surface area contributed by atoms with Gasteiger partial charge in [-0.3, -0.25) is 0 Å². The molecule has 0 atom stereocenters. The lowest BCUT2D eigenvalue weighted by atomic mass is 10.1. The van der Waals surface area contributed by atoms with E-state index >= 15 is 0 Å². The minimum Gasteiger partial charge on any atom is -0.456 e. The standard InChI is InChI=1S/C24H27N3O3S2/c1-4-5-6-24(31)26-9-11-27(12-10-26)32(28,29)23-16-20(17-25)7-8-22(23)30-21-14-18(2)13-19(3)15-21/h4,7-8,13-16H,1,5-6,9-12H2,2-3H3. The van der Waals surface area contributed by atoms with Gasteiger partial charge in [-0.05, 0) is 61.7 Å². The van der Waals surface area contributed by atoms with Gasteiger partial charge in [0.15, 0.2) is 0 Å². The van der Waals surface area contributed by atoms with Gasteiger partial charge in [0.25, 0.3) is 0 Å². The van der Waals surface area contributed by atoms with E-state index in [1.807, 2.05) is 49.1 Å². The third kappa shape index (κ3) is 5.54. The molecule has 1 saturated heterocycles. The largest absolute Gasteiger partial charge is 0.456 e. The van der Waals surface area contributed by atoms with Crippen LogP contribution in [0.2, 0.25) is 0 Å². The summed E-state index contributed by atoms with van der Waals surface area (Å²) in [5.74, 6) is 0.763. The molecule has 0 saturated carbocycles. The van der Waals surface area contributed by atoms with Crippen LogP contribution in [0.15, 0.2) is 53.9 Å². The molecule has 0 N–H and O–H groups in total. The Morgan fingerprint density at radius 3 is 2.41 bits per heavy atom. The van der Waals surface area contributed by atoms with E-state index in [4.69, 9.17) is 17.0 Å². The number of aryl methyl sites for hydroxylation is 2. The molecule has 0 radical (unpaired) electrons. The first-order valence-electron chi connectivity index (χ1n) is 10.4. The van der Waals surface area contributed by atoms with Crippen LogP contribution in [0.25, 0.3) is 0 Å². The summed E-state index contributed by atoms with van der Waals surface area (Å²) < 4.78 is 34.5. The van der Waals surface area contributed by atoms with Gasteiger partial charge in [0.05, 0.1) is 16.6 Å². The average Bonchev–Trinajstić information content (AvgIpc) is 2.77. The van der Waals surface area contributed by atoms with E-state index in [0.717, 1.165) is 29.0 Å². The van der Waals surface area contributed by atoms with Gasteiger partial charge >= 0.3 is 0 Å². The predicted molar refractivity (Wildman–Crippen MR) is 130 cm³/mol. The number of rotatable bonds is 7. The summed E-state index contributed by atoms with van der Waals surface area (Å²) in [4.78, 5) is 2.87. The lowest BCUT2D eigenvalue weighted by Gasteiger charge is -2.35. The number of sulfonamides is 1. The van der Waals surface area contributed by atoms with E-state index in [-0.39, 0.29) is 16.2 Å². The summed E-state index contributed by atoms with van der Waals surface area (Å²) in [7, 11) is -3.86. The zero-order valence-electron chi connectivity index (χ0n) is 18.4. The SMILES string of the molecule is C=CCCC(=S)N1CCN(S(=O)(=O)c2cc(C#N)ccc2Oc2cc(C)cc(C)c2)CC1. The molecule has 2 aromatic carbocycles. The quantitative estimate of drug-likeness (QED) is 0.437. The van der Waals surface area contributed by atoms with Gasteiger partial charge < -0.3 is 9.64 Å². The van der Waals surface area contributed by atoms with Crippen LogP contribution in [0, 0.1) is 25.2 Å². The second-order valence-electron chi connectivity index (χ2n) is 7.81. The molecule has 3 rings (SSSR count). The maximum atomic E-state index is 13.5. The summed E-state index contributed by atoms with van der Waals surface area (Å²) in [6.07, 6.45) is 3.37. The van der Waals surface area contributed by atoms with Crippen LogP contribution >= 0.6 is 12.2 Å². The molecule has 1 heterocycles. The highest BCUT2D eigenvalue weighted by Gasteiger charge is 2.32. The van der Waals surface area contributed by atoms with Crippen LogP contribution in [0.3, 0.4) is 0 Å². The Balaban J connectivity index is 1.86. The Labute approximate surface area is 195 Å². The molecule has 0 aromatic heterocycles. The highest BCUT2D eigenvalue weighted by atomic mass is 32.2. The monoisotopic (exact) mass is 469 g/mol. The first kappa shape index (κ1) is 23.9. The summed E-state index contributed by atoms with van der Waals surface area (Å²) in [5.41, 5.74) is 2.30. The number of benzene rings is 2. The Hall–Kier alpha value is -2.73. The molecular weight excluding hydrogens is 442 g/mol. The molecule has 0 bridgehead atoms. The predicted octanol–water partition coefficient (Wildman–Crippen LogP) is 4.57. The Morgan fingerprint density at radius 2 is 1.81 bits per heavy atom. The van der Waals surface area contributed by atoms with Crippen molar-refractivity contribution in [2.24, 2.45) is 0 Å². The number of hydrogen-bond donors (Lipinski definition) is 0. The van der Waals surface area contributed by atoms with Crippen LogP contribution in [0.5, 0.6) is 11.5 Å². The summed E-state index contributed by atoms with van der Waals surface area (Å²) in [6, 6.07) is 12.2. The Bertz CT molecular complexity index is 1140. The van der Waals surface area contributed by atoms with E-state index in [1.54, 1.807) is 12.1 Å². The van der Waals surface area contributed by atoms with Crippen LogP contribution in [-0.4, -0.2) is 48.8 Å². The van der Waals surface area contributed by atoms with Gasteiger partial charge in [0.2, 0.25) is 10.0 Å². The number of ether oxygens (including phenoxy) is 1. The number of nitrogens with zero attached hydrogens (tertiary/aromatic N) is 3. The fourth-order valence-electron chi connectivity index (χ4n) is 3.68. The molecule has 2 aromatic rings. The molecule has 0 unspecified atom stereocenters. The molecule has 0 spiro atoms. The van der Waals surface area contributed by atoms with Crippen LogP contribution in [0.4, 0.5) is 0 Å². The maximum Gasteiger partial charge on any atom is 0.246 e. The number of hydrogen-bond acceptors (Lipinski definition) is 5. The van der Waals surface area contributed by atoms with Gasteiger partial charge in [-0.1, -0.05) is 24.4 Å². The smallest absolute Gasteiger partial charge is 0.246 e. The summed E-state index contributed by atoms with van der Waals surface area (Å²) in [6.45, 7) is 9.31. The fourth-order valence-corrected chi connectivity index (χ4v) is 5.55. The second-order valence-corrected chi connectivity index (χ2v) is 10.2. The van der Waals surface area contributed by atoms with Gasteiger partial charge in [-0.25, -0.2) is 8.42 Å². The lowest BCUT2D eigenvalue weighted by Crippen LogP contribution is -2.50. The van der Waals surface area contributed by atoms with Crippen LogP contribution in [0.1, 0.15) is 29.5 Å². The first-order chi connectivity index (χ1) is 15.2. The number of piperazine rings is 1. The number of thiocarbonyl (C=S) groups is 1. The minimum absolute atomic E-state index is 0.00149. The van der Waals surface area contributed by atoms with Gasteiger partial charge in [0.1, 0.15) is 16.4 Å². The zero-order chi connectivity index (χ0) is 23.3. The summed E-state index contributed by atoms with van der Waals surface area (Å²) >= 11 is 5.47.